The third-order valence-electron chi connectivity index (χ3n) is 3.83. The molecule has 2 N–H and O–H groups in total. The van der Waals surface area contributed by atoms with E-state index in [-0.39, 0.29) is 22.2 Å². The van der Waals surface area contributed by atoms with Gasteiger partial charge in [0, 0.05) is 5.69 Å². The Bertz CT molecular complexity index is 1130. The highest BCUT2D eigenvalue weighted by molar-refractivity contribution is 7.92. The molecule has 0 saturated heterocycles. The van der Waals surface area contributed by atoms with E-state index in [1.165, 1.54) is 19.4 Å². The predicted octanol–water partition coefficient (Wildman–Crippen LogP) is 4.33. The average molecular weight is 425 g/mol. The first-order valence-electron chi connectivity index (χ1n) is 8.39. The number of benzene rings is 2. The maximum absolute atomic E-state index is 14.4. The van der Waals surface area contributed by atoms with E-state index in [2.05, 4.69) is 20.0 Å². The topological polar surface area (TPSA) is 93.2 Å². The number of hydrogen-bond acceptors (Lipinski definition) is 6. The Labute approximate surface area is 167 Å². The highest BCUT2D eigenvalue weighted by Crippen LogP contribution is 2.35. The molecular formula is C18H18ClFN4O3S. The molecule has 3 aromatic rings. The van der Waals surface area contributed by atoms with Gasteiger partial charge in [-0.05, 0) is 36.8 Å². The summed E-state index contributed by atoms with van der Waals surface area (Å²) in [6.07, 6.45) is 1.94. The second kappa shape index (κ2) is 8.15. The Morgan fingerprint density at radius 1 is 1.21 bits per heavy atom. The Morgan fingerprint density at radius 2 is 2.00 bits per heavy atom. The highest BCUT2D eigenvalue weighted by Gasteiger charge is 2.17. The summed E-state index contributed by atoms with van der Waals surface area (Å²) in [7, 11) is -2.08. The van der Waals surface area contributed by atoms with Crippen molar-refractivity contribution in [1.29, 1.82) is 0 Å². The number of methoxy groups -OCH3 is 1. The van der Waals surface area contributed by atoms with Gasteiger partial charge in [-0.1, -0.05) is 18.5 Å². The number of aromatic nitrogens is 2. The number of hydrogen-bond donors (Lipinski definition) is 2. The van der Waals surface area contributed by atoms with E-state index in [1.54, 1.807) is 25.1 Å². The van der Waals surface area contributed by atoms with Crippen molar-refractivity contribution in [2.45, 2.75) is 13.3 Å². The van der Waals surface area contributed by atoms with Crippen molar-refractivity contribution in [3.63, 3.8) is 0 Å². The van der Waals surface area contributed by atoms with Crippen molar-refractivity contribution in [1.82, 2.24) is 9.97 Å². The van der Waals surface area contributed by atoms with Crippen molar-refractivity contribution < 1.29 is 17.5 Å². The molecule has 0 unspecified atom stereocenters. The first kappa shape index (κ1) is 20.1. The van der Waals surface area contributed by atoms with E-state index in [1.807, 2.05) is 0 Å². The lowest BCUT2D eigenvalue weighted by Gasteiger charge is -2.15. The second-order valence-electron chi connectivity index (χ2n) is 5.95. The molecule has 0 spiro atoms. The lowest BCUT2D eigenvalue weighted by molar-refractivity contribution is 0.397. The standard InChI is InChI=1S/C18H18ClFN4O3S/c1-3-8-28(25,26)24-14-7-5-12(20)18(17(14)19)22-11-4-6-13-15(9-11)23-16(27-2)10-21-13/h4-7,9-10,22,24H,3,8H2,1-2H3. The summed E-state index contributed by atoms with van der Waals surface area (Å²) in [6, 6.07) is 7.49. The fourth-order valence-corrected chi connectivity index (χ4v) is 4.00. The minimum Gasteiger partial charge on any atom is -0.480 e. The van der Waals surface area contributed by atoms with Gasteiger partial charge in [0.15, 0.2) is 0 Å². The van der Waals surface area contributed by atoms with Crippen LogP contribution < -0.4 is 14.8 Å². The van der Waals surface area contributed by atoms with Crippen molar-refractivity contribution in [3.8, 4) is 5.88 Å². The van der Waals surface area contributed by atoms with E-state index in [4.69, 9.17) is 16.3 Å². The average Bonchev–Trinajstić information content (AvgIpc) is 2.66. The van der Waals surface area contributed by atoms with Crippen molar-refractivity contribution in [3.05, 3.63) is 47.4 Å². The predicted molar refractivity (Wildman–Crippen MR) is 108 cm³/mol. The maximum atomic E-state index is 14.4. The first-order chi connectivity index (χ1) is 13.3. The van der Waals surface area contributed by atoms with Crippen LogP contribution in [0.2, 0.25) is 5.02 Å². The van der Waals surface area contributed by atoms with Gasteiger partial charge in [0.05, 0.1) is 46.5 Å². The second-order valence-corrected chi connectivity index (χ2v) is 8.17. The van der Waals surface area contributed by atoms with Gasteiger partial charge >= 0.3 is 0 Å². The smallest absolute Gasteiger partial charge is 0.232 e. The summed E-state index contributed by atoms with van der Waals surface area (Å²) < 4.78 is 45.8. The molecule has 0 saturated carbocycles. The first-order valence-corrected chi connectivity index (χ1v) is 10.4. The minimum atomic E-state index is -3.56. The van der Waals surface area contributed by atoms with Gasteiger partial charge in [-0.2, -0.15) is 0 Å². The molecule has 0 aliphatic carbocycles. The highest BCUT2D eigenvalue weighted by atomic mass is 35.5. The third kappa shape index (κ3) is 4.42. The Hall–Kier alpha value is -2.65. The van der Waals surface area contributed by atoms with E-state index in [0.717, 1.165) is 6.07 Å². The SMILES string of the molecule is CCCS(=O)(=O)Nc1ccc(F)c(Nc2ccc3ncc(OC)nc3c2)c1Cl. The quantitative estimate of drug-likeness (QED) is 0.586. The number of rotatable bonds is 7. The molecule has 0 aliphatic heterocycles. The molecule has 1 aromatic heterocycles. The van der Waals surface area contributed by atoms with Crippen LogP contribution in [-0.2, 0) is 10.0 Å². The zero-order chi connectivity index (χ0) is 20.3. The summed E-state index contributed by atoms with van der Waals surface area (Å²) >= 11 is 6.26. The Kier molecular flexibility index (Phi) is 5.85. The summed E-state index contributed by atoms with van der Waals surface area (Å²) in [6.45, 7) is 1.75. The molecule has 0 atom stereocenters. The van der Waals surface area contributed by atoms with Gasteiger partial charge in [0.25, 0.3) is 0 Å². The summed E-state index contributed by atoms with van der Waals surface area (Å²) in [5.41, 5.74) is 1.74. The van der Waals surface area contributed by atoms with Gasteiger partial charge < -0.3 is 10.1 Å². The number of halogens is 2. The van der Waals surface area contributed by atoms with Crippen molar-refractivity contribution in [2.75, 3.05) is 22.9 Å². The fraction of sp³-hybridized carbons (Fsp3) is 0.222. The lowest BCUT2D eigenvalue weighted by atomic mass is 10.2. The third-order valence-corrected chi connectivity index (χ3v) is 5.70. The fourth-order valence-electron chi connectivity index (χ4n) is 2.55. The lowest BCUT2D eigenvalue weighted by Crippen LogP contribution is -2.16. The van der Waals surface area contributed by atoms with E-state index in [9.17, 15) is 12.8 Å². The van der Waals surface area contributed by atoms with Gasteiger partial charge in [0.1, 0.15) is 5.82 Å². The molecule has 1 heterocycles. The van der Waals surface area contributed by atoms with Crippen LogP contribution in [0.5, 0.6) is 5.88 Å². The Morgan fingerprint density at radius 3 is 2.71 bits per heavy atom. The maximum Gasteiger partial charge on any atom is 0.232 e. The molecule has 3 rings (SSSR count). The number of ether oxygens (including phenoxy) is 1. The van der Waals surface area contributed by atoms with Crippen molar-refractivity contribution >= 4 is 49.7 Å². The van der Waals surface area contributed by atoms with Gasteiger partial charge in [-0.25, -0.2) is 22.8 Å². The number of nitrogens with zero attached hydrogens (tertiary/aromatic N) is 2. The Balaban J connectivity index is 1.95. The van der Waals surface area contributed by atoms with Crippen LogP contribution in [0, 0.1) is 5.82 Å². The molecule has 0 bridgehead atoms. The van der Waals surface area contributed by atoms with Crippen LogP contribution in [0.15, 0.2) is 36.5 Å². The molecular weight excluding hydrogens is 407 g/mol. The number of anilines is 3. The molecule has 0 aliphatic rings. The van der Waals surface area contributed by atoms with E-state index in [0.29, 0.717) is 29.0 Å². The summed E-state index contributed by atoms with van der Waals surface area (Å²) in [5.74, 6) is -0.337. The number of nitrogens with one attached hydrogen (secondary N) is 2. The van der Waals surface area contributed by atoms with E-state index < -0.39 is 15.8 Å². The molecule has 148 valence electrons. The summed E-state index contributed by atoms with van der Waals surface area (Å²) in [4.78, 5) is 8.50. The number of fused-ring (bicyclic) bond motifs is 1. The molecule has 7 nitrogen and oxygen atoms in total. The monoisotopic (exact) mass is 424 g/mol. The molecule has 0 amide bonds. The molecule has 0 fully saturated rings. The van der Waals surface area contributed by atoms with Crippen LogP contribution in [0.1, 0.15) is 13.3 Å². The zero-order valence-electron chi connectivity index (χ0n) is 15.2. The minimum absolute atomic E-state index is 0.0476. The largest absolute Gasteiger partial charge is 0.480 e. The summed E-state index contributed by atoms with van der Waals surface area (Å²) in [5, 5.41) is 2.81. The molecule has 10 heteroatoms. The number of sulfonamides is 1. The van der Waals surface area contributed by atoms with Crippen LogP contribution in [0.25, 0.3) is 11.0 Å². The molecule has 0 radical (unpaired) electrons. The molecule has 28 heavy (non-hydrogen) atoms. The van der Waals surface area contributed by atoms with Crippen LogP contribution >= 0.6 is 11.6 Å². The van der Waals surface area contributed by atoms with Crippen LogP contribution in [0.3, 0.4) is 0 Å². The van der Waals surface area contributed by atoms with Crippen molar-refractivity contribution in [2.24, 2.45) is 0 Å². The zero-order valence-corrected chi connectivity index (χ0v) is 16.7. The van der Waals surface area contributed by atoms with Gasteiger partial charge in [-0.15, -0.1) is 0 Å². The van der Waals surface area contributed by atoms with E-state index >= 15 is 0 Å². The molecule has 2 aromatic carbocycles. The normalized spacial score (nSPS) is 11.4. The van der Waals surface area contributed by atoms with Crippen LogP contribution in [-0.4, -0.2) is 31.2 Å². The van der Waals surface area contributed by atoms with Gasteiger partial charge in [0.2, 0.25) is 15.9 Å². The van der Waals surface area contributed by atoms with Gasteiger partial charge in [-0.3, -0.25) is 4.72 Å². The van der Waals surface area contributed by atoms with Crippen LogP contribution in [0.4, 0.5) is 21.5 Å².